The Bertz CT molecular complexity index is 447. The predicted octanol–water partition coefficient (Wildman–Crippen LogP) is 2.30. The van der Waals surface area contributed by atoms with Crippen molar-refractivity contribution in [1.29, 1.82) is 0 Å². The van der Waals surface area contributed by atoms with Gasteiger partial charge in [-0.05, 0) is 31.4 Å². The van der Waals surface area contributed by atoms with Crippen LogP contribution in [0.1, 0.15) is 32.3 Å². The number of nitrogens with zero attached hydrogens (tertiary/aromatic N) is 1. The molecule has 5 nitrogen and oxygen atoms in total. The number of unbranched alkanes of at least 4 members (excludes halogenated alkanes) is 1. The molecule has 3 N–H and O–H groups in total. The van der Waals surface area contributed by atoms with Crippen LogP contribution in [0.25, 0.3) is 0 Å². The Morgan fingerprint density at radius 1 is 1.29 bits per heavy atom. The fraction of sp³-hybridized carbons (Fsp3) is 0.562. The SMILES string of the molecule is CCCCN=C(NCC)NCCc1cccc(OC)c1O. The van der Waals surface area contributed by atoms with Crippen molar-refractivity contribution in [1.82, 2.24) is 10.6 Å². The lowest BCUT2D eigenvalue weighted by atomic mass is 10.1. The molecule has 0 saturated carbocycles. The number of phenolic OH excluding ortho intramolecular Hbond substituents is 1. The van der Waals surface area contributed by atoms with Gasteiger partial charge in [0.2, 0.25) is 0 Å². The lowest BCUT2D eigenvalue weighted by molar-refractivity contribution is 0.370. The van der Waals surface area contributed by atoms with Gasteiger partial charge in [-0.25, -0.2) is 0 Å². The number of ether oxygens (including phenoxy) is 1. The highest BCUT2D eigenvalue weighted by Crippen LogP contribution is 2.29. The van der Waals surface area contributed by atoms with Gasteiger partial charge in [0, 0.05) is 19.6 Å². The highest BCUT2D eigenvalue weighted by Gasteiger charge is 2.07. The van der Waals surface area contributed by atoms with E-state index < -0.39 is 0 Å². The van der Waals surface area contributed by atoms with Crippen molar-refractivity contribution in [2.24, 2.45) is 4.99 Å². The molecule has 0 radical (unpaired) electrons. The van der Waals surface area contributed by atoms with E-state index in [-0.39, 0.29) is 5.75 Å². The second-order valence-electron chi connectivity index (χ2n) is 4.76. The van der Waals surface area contributed by atoms with Crippen molar-refractivity contribution in [3.63, 3.8) is 0 Å². The minimum atomic E-state index is 0.217. The van der Waals surface area contributed by atoms with Gasteiger partial charge in [-0.1, -0.05) is 25.5 Å². The third kappa shape index (κ3) is 5.94. The second kappa shape index (κ2) is 9.91. The molecular weight excluding hydrogens is 266 g/mol. The number of benzene rings is 1. The summed E-state index contributed by atoms with van der Waals surface area (Å²) in [6, 6.07) is 5.54. The minimum Gasteiger partial charge on any atom is -0.504 e. The molecule has 1 aromatic rings. The highest BCUT2D eigenvalue weighted by molar-refractivity contribution is 5.79. The number of phenols is 1. The molecule has 118 valence electrons. The Hall–Kier alpha value is -1.91. The molecular formula is C16H27N3O2. The Balaban J connectivity index is 2.52. The maximum atomic E-state index is 10.0. The van der Waals surface area contributed by atoms with Gasteiger partial charge >= 0.3 is 0 Å². The van der Waals surface area contributed by atoms with Crippen molar-refractivity contribution in [2.45, 2.75) is 33.1 Å². The third-order valence-corrected chi connectivity index (χ3v) is 3.12. The van der Waals surface area contributed by atoms with Gasteiger partial charge in [-0.15, -0.1) is 0 Å². The summed E-state index contributed by atoms with van der Waals surface area (Å²) >= 11 is 0. The molecule has 0 fully saturated rings. The Kier molecular flexibility index (Phi) is 8.09. The maximum absolute atomic E-state index is 10.0. The number of aromatic hydroxyl groups is 1. The predicted molar refractivity (Wildman–Crippen MR) is 87.3 cm³/mol. The van der Waals surface area contributed by atoms with Gasteiger partial charge < -0.3 is 20.5 Å². The zero-order chi connectivity index (χ0) is 15.5. The van der Waals surface area contributed by atoms with Gasteiger partial charge in [-0.2, -0.15) is 0 Å². The molecule has 0 saturated heterocycles. The van der Waals surface area contributed by atoms with Gasteiger partial charge in [0.1, 0.15) is 0 Å². The average Bonchev–Trinajstić information content (AvgIpc) is 2.49. The van der Waals surface area contributed by atoms with Crippen molar-refractivity contribution < 1.29 is 9.84 Å². The maximum Gasteiger partial charge on any atom is 0.191 e. The van der Waals surface area contributed by atoms with Crippen molar-refractivity contribution in [2.75, 3.05) is 26.7 Å². The third-order valence-electron chi connectivity index (χ3n) is 3.12. The summed E-state index contributed by atoms with van der Waals surface area (Å²) in [5.41, 5.74) is 0.867. The monoisotopic (exact) mass is 293 g/mol. The fourth-order valence-electron chi connectivity index (χ4n) is 1.94. The molecule has 0 aliphatic carbocycles. The van der Waals surface area contributed by atoms with E-state index in [4.69, 9.17) is 4.74 Å². The van der Waals surface area contributed by atoms with Crippen LogP contribution in [-0.2, 0) is 6.42 Å². The Labute approximate surface area is 127 Å². The van der Waals surface area contributed by atoms with Crippen LogP contribution in [0.5, 0.6) is 11.5 Å². The molecule has 0 heterocycles. The first-order valence-corrected chi connectivity index (χ1v) is 7.59. The van der Waals surface area contributed by atoms with Crippen LogP contribution in [0.4, 0.5) is 0 Å². The van der Waals surface area contributed by atoms with Crippen molar-refractivity contribution in [3.05, 3.63) is 23.8 Å². The van der Waals surface area contributed by atoms with E-state index in [1.54, 1.807) is 13.2 Å². The van der Waals surface area contributed by atoms with Gasteiger partial charge in [0.15, 0.2) is 17.5 Å². The van der Waals surface area contributed by atoms with Gasteiger partial charge in [0.25, 0.3) is 0 Å². The van der Waals surface area contributed by atoms with E-state index in [1.807, 2.05) is 19.1 Å². The van der Waals surface area contributed by atoms with Crippen LogP contribution in [-0.4, -0.2) is 37.8 Å². The molecule has 0 spiro atoms. The van der Waals surface area contributed by atoms with Crippen LogP contribution in [0, 0.1) is 0 Å². The zero-order valence-electron chi connectivity index (χ0n) is 13.3. The smallest absolute Gasteiger partial charge is 0.191 e. The molecule has 0 aliphatic heterocycles. The standard InChI is InChI=1S/C16H27N3O2/c1-4-6-11-18-16(17-5-2)19-12-10-13-8-7-9-14(21-3)15(13)20/h7-9,20H,4-6,10-12H2,1-3H3,(H2,17,18,19). The summed E-state index contributed by atoms with van der Waals surface area (Å²) in [5.74, 6) is 1.55. The van der Waals surface area contributed by atoms with E-state index in [9.17, 15) is 5.11 Å². The summed E-state index contributed by atoms with van der Waals surface area (Å²) in [6.45, 7) is 6.57. The van der Waals surface area contributed by atoms with E-state index in [2.05, 4.69) is 22.5 Å². The number of methoxy groups -OCH3 is 1. The molecule has 0 aromatic heterocycles. The van der Waals surface area contributed by atoms with Crippen LogP contribution in [0.2, 0.25) is 0 Å². The lowest BCUT2D eigenvalue weighted by Crippen LogP contribution is -2.38. The van der Waals surface area contributed by atoms with Crippen LogP contribution in [0.15, 0.2) is 23.2 Å². The number of para-hydroxylation sites is 1. The lowest BCUT2D eigenvalue weighted by Gasteiger charge is -2.12. The largest absolute Gasteiger partial charge is 0.504 e. The quantitative estimate of drug-likeness (QED) is 0.391. The zero-order valence-corrected chi connectivity index (χ0v) is 13.3. The van der Waals surface area contributed by atoms with Crippen LogP contribution < -0.4 is 15.4 Å². The normalized spacial score (nSPS) is 11.3. The summed E-state index contributed by atoms with van der Waals surface area (Å²) < 4.78 is 5.11. The first kappa shape index (κ1) is 17.1. The summed E-state index contributed by atoms with van der Waals surface area (Å²) in [6.07, 6.45) is 2.94. The Morgan fingerprint density at radius 3 is 2.76 bits per heavy atom. The van der Waals surface area contributed by atoms with Crippen LogP contribution >= 0.6 is 0 Å². The van der Waals surface area contributed by atoms with E-state index in [1.165, 1.54) is 0 Å². The first-order chi connectivity index (χ1) is 10.2. The molecule has 0 bridgehead atoms. The van der Waals surface area contributed by atoms with E-state index in [0.717, 1.165) is 37.5 Å². The number of hydrogen-bond donors (Lipinski definition) is 3. The molecule has 0 atom stereocenters. The van der Waals surface area contributed by atoms with Crippen molar-refractivity contribution in [3.8, 4) is 11.5 Å². The topological polar surface area (TPSA) is 65.9 Å². The molecule has 0 amide bonds. The van der Waals surface area contributed by atoms with Crippen LogP contribution in [0.3, 0.4) is 0 Å². The first-order valence-electron chi connectivity index (χ1n) is 7.59. The number of guanidine groups is 1. The molecule has 1 aromatic carbocycles. The average molecular weight is 293 g/mol. The Morgan fingerprint density at radius 2 is 2.10 bits per heavy atom. The fourth-order valence-corrected chi connectivity index (χ4v) is 1.94. The minimum absolute atomic E-state index is 0.217. The molecule has 0 aliphatic rings. The highest BCUT2D eigenvalue weighted by atomic mass is 16.5. The van der Waals surface area contributed by atoms with Gasteiger partial charge in [-0.3, -0.25) is 4.99 Å². The van der Waals surface area contributed by atoms with Gasteiger partial charge in [0.05, 0.1) is 7.11 Å². The number of aliphatic imine (C=N–C) groups is 1. The summed E-state index contributed by atoms with van der Waals surface area (Å²) in [4.78, 5) is 4.50. The van der Waals surface area contributed by atoms with E-state index >= 15 is 0 Å². The summed E-state index contributed by atoms with van der Waals surface area (Å²) in [7, 11) is 1.56. The second-order valence-corrected chi connectivity index (χ2v) is 4.76. The molecule has 21 heavy (non-hydrogen) atoms. The molecule has 5 heteroatoms. The van der Waals surface area contributed by atoms with Crippen molar-refractivity contribution >= 4 is 5.96 Å². The molecule has 1 rings (SSSR count). The number of nitrogens with one attached hydrogen (secondary N) is 2. The summed E-state index contributed by atoms with van der Waals surface area (Å²) in [5, 5.41) is 16.5. The van der Waals surface area contributed by atoms with E-state index in [0.29, 0.717) is 18.7 Å². The number of rotatable bonds is 8. The number of hydrogen-bond acceptors (Lipinski definition) is 3. The molecule has 0 unspecified atom stereocenters.